The Kier molecular flexibility index (Phi) is 9.44. The number of carboxylic acids is 1. The monoisotopic (exact) mass is 506 g/mol. The molecule has 0 spiro atoms. The first-order valence-corrected chi connectivity index (χ1v) is 12.5. The van der Waals surface area contributed by atoms with Crippen molar-refractivity contribution in [2.75, 3.05) is 6.54 Å². The highest BCUT2D eigenvalue weighted by atomic mass is 32.2. The number of carbonyl (C=O) groups is 2. The van der Waals surface area contributed by atoms with E-state index in [4.69, 9.17) is 5.11 Å². The molecule has 0 bridgehead atoms. The normalized spacial score (nSPS) is 12.0. The van der Waals surface area contributed by atoms with E-state index in [0.717, 1.165) is 47.6 Å². The number of aliphatic carboxylic acids is 1. The lowest BCUT2D eigenvalue weighted by Gasteiger charge is -2.20. The second-order valence-electron chi connectivity index (χ2n) is 7.34. The van der Waals surface area contributed by atoms with E-state index in [0.29, 0.717) is 11.3 Å². The third-order valence-corrected chi connectivity index (χ3v) is 7.69. The van der Waals surface area contributed by atoms with Gasteiger partial charge in [-0.05, 0) is 36.2 Å². The maximum atomic E-state index is 13.0. The number of carbonyl (C=O) groups excluding carboxylic acids is 1. The summed E-state index contributed by atoms with van der Waals surface area (Å²) in [7, 11) is -3.76. The zero-order valence-electron chi connectivity index (χ0n) is 17.9. The van der Waals surface area contributed by atoms with Crippen molar-refractivity contribution in [1.29, 1.82) is 0 Å². The van der Waals surface area contributed by atoms with E-state index in [2.05, 4.69) is 4.72 Å². The average Bonchev–Trinajstić information content (AvgIpc) is 3.21. The van der Waals surface area contributed by atoms with Gasteiger partial charge in [-0.3, -0.25) is 4.79 Å². The minimum absolute atomic E-state index is 0.00906. The Morgan fingerprint density at radius 2 is 1.82 bits per heavy atom. The number of alkyl halides is 3. The highest BCUT2D eigenvalue weighted by Crippen LogP contribution is 2.30. The minimum atomic E-state index is -4.59. The van der Waals surface area contributed by atoms with Crippen LogP contribution in [0.5, 0.6) is 0 Å². The highest BCUT2D eigenvalue weighted by Gasteiger charge is 2.31. The lowest BCUT2D eigenvalue weighted by atomic mass is 10.1. The number of nitrogens with one attached hydrogen (secondary N) is 1. The number of halogens is 3. The van der Waals surface area contributed by atoms with Crippen LogP contribution in [-0.4, -0.2) is 36.8 Å². The van der Waals surface area contributed by atoms with E-state index in [-0.39, 0.29) is 29.4 Å². The maximum Gasteiger partial charge on any atom is 0.416 e. The first kappa shape index (κ1) is 26.8. The zero-order valence-corrected chi connectivity index (χ0v) is 19.5. The van der Waals surface area contributed by atoms with Crippen molar-refractivity contribution in [3.63, 3.8) is 0 Å². The van der Waals surface area contributed by atoms with Crippen LogP contribution < -0.4 is 4.72 Å². The fourth-order valence-electron chi connectivity index (χ4n) is 3.01. The Hall–Kier alpha value is -2.44. The molecule has 12 heteroatoms. The van der Waals surface area contributed by atoms with Crippen molar-refractivity contribution in [3.05, 3.63) is 52.4 Å². The van der Waals surface area contributed by atoms with Crippen LogP contribution >= 0.6 is 11.3 Å². The van der Waals surface area contributed by atoms with Gasteiger partial charge in [0.1, 0.15) is 4.21 Å². The predicted molar refractivity (Wildman–Crippen MR) is 117 cm³/mol. The molecule has 0 radical (unpaired) electrons. The molecule has 0 atom stereocenters. The molecular weight excluding hydrogens is 481 g/mol. The molecule has 2 rings (SSSR count). The van der Waals surface area contributed by atoms with Crippen LogP contribution in [0.15, 0.2) is 40.6 Å². The van der Waals surface area contributed by atoms with E-state index in [1.54, 1.807) is 0 Å². The van der Waals surface area contributed by atoms with Crippen LogP contribution in [0.2, 0.25) is 0 Å². The van der Waals surface area contributed by atoms with Crippen molar-refractivity contribution in [2.45, 2.75) is 56.1 Å². The van der Waals surface area contributed by atoms with Gasteiger partial charge < -0.3 is 10.0 Å². The second-order valence-corrected chi connectivity index (χ2v) is 10.5. The number of thiophene rings is 1. The first-order valence-electron chi connectivity index (χ1n) is 10.2. The van der Waals surface area contributed by atoms with Crippen molar-refractivity contribution in [1.82, 2.24) is 9.62 Å². The first-order chi connectivity index (χ1) is 15.4. The molecule has 0 fully saturated rings. The van der Waals surface area contributed by atoms with Gasteiger partial charge in [0.2, 0.25) is 10.0 Å². The smallest absolute Gasteiger partial charge is 0.416 e. The molecule has 1 aromatic heterocycles. The molecule has 0 aliphatic heterocycles. The van der Waals surface area contributed by atoms with Gasteiger partial charge >= 0.3 is 18.1 Å². The maximum absolute atomic E-state index is 13.0. The summed E-state index contributed by atoms with van der Waals surface area (Å²) in [5, 5.41) is 9.11. The summed E-state index contributed by atoms with van der Waals surface area (Å²) in [5.74, 6) is -3.07. The van der Waals surface area contributed by atoms with Gasteiger partial charge in [-0.2, -0.15) is 13.2 Å². The molecule has 1 aromatic carbocycles. The van der Waals surface area contributed by atoms with Gasteiger partial charge in [-0.25, -0.2) is 17.9 Å². The fourth-order valence-corrected chi connectivity index (χ4v) is 5.50. The SMILES string of the molecule is CCCCCCNS(=O)(=O)c1ccc(CN(Cc2cccc(C(F)(F)F)c2)C(=O)C(=O)O)s1. The number of sulfonamides is 1. The van der Waals surface area contributed by atoms with Crippen molar-refractivity contribution in [2.24, 2.45) is 0 Å². The summed E-state index contributed by atoms with van der Waals surface area (Å²) in [5.41, 5.74) is -0.824. The summed E-state index contributed by atoms with van der Waals surface area (Å²) < 4.78 is 66.3. The Balaban J connectivity index is 2.15. The third-order valence-electron chi connectivity index (χ3n) is 4.67. The van der Waals surface area contributed by atoms with Gasteiger partial charge in [0, 0.05) is 18.0 Å². The summed E-state index contributed by atoms with van der Waals surface area (Å²) in [6, 6.07) is 7.04. The second kappa shape index (κ2) is 11.6. The Morgan fingerprint density at radius 3 is 2.45 bits per heavy atom. The van der Waals surface area contributed by atoms with Crippen LogP contribution in [-0.2, 0) is 38.9 Å². The lowest BCUT2D eigenvalue weighted by Crippen LogP contribution is -2.35. The Morgan fingerprint density at radius 1 is 1.09 bits per heavy atom. The molecule has 1 amide bonds. The molecule has 33 heavy (non-hydrogen) atoms. The molecule has 0 saturated carbocycles. The van der Waals surface area contributed by atoms with E-state index in [9.17, 15) is 31.2 Å². The van der Waals surface area contributed by atoms with Crippen molar-refractivity contribution in [3.8, 4) is 0 Å². The summed E-state index contributed by atoms with van der Waals surface area (Å²) in [6.45, 7) is 1.68. The van der Waals surface area contributed by atoms with Gasteiger partial charge in [0.15, 0.2) is 0 Å². The molecule has 182 valence electrons. The summed E-state index contributed by atoms with van der Waals surface area (Å²) in [4.78, 5) is 24.6. The summed E-state index contributed by atoms with van der Waals surface area (Å²) in [6.07, 6.45) is -0.963. The molecule has 1 heterocycles. The Labute approximate surface area is 194 Å². The van der Waals surface area contributed by atoms with Crippen molar-refractivity contribution < 1.29 is 36.3 Å². The molecule has 2 N–H and O–H groups in total. The molecule has 2 aromatic rings. The third kappa shape index (κ3) is 8.13. The van der Waals surface area contributed by atoms with Gasteiger partial charge in [-0.15, -0.1) is 11.3 Å². The molecule has 0 aliphatic rings. The van der Waals surface area contributed by atoms with Gasteiger partial charge in [0.05, 0.1) is 12.1 Å². The standard InChI is InChI=1S/C21H25F3N2O5S2/c1-2-3-4-5-11-25-33(30,31)18-10-9-17(32-18)14-26(19(27)20(28)29)13-15-7-6-8-16(12-15)21(22,23)24/h6-10,12,25H,2-5,11,13-14H2,1H3,(H,28,29). The predicted octanol–water partition coefficient (Wildman–Crippen LogP) is 4.24. The van der Waals surface area contributed by atoms with Crippen LogP contribution in [0.4, 0.5) is 13.2 Å². The average molecular weight is 507 g/mol. The van der Waals surface area contributed by atoms with Crippen LogP contribution in [0.1, 0.15) is 48.6 Å². The number of amides is 1. The molecular formula is C21H25F3N2O5S2. The number of nitrogens with zero attached hydrogens (tertiary/aromatic N) is 1. The van der Waals surface area contributed by atoms with Crippen LogP contribution in [0, 0.1) is 0 Å². The topological polar surface area (TPSA) is 104 Å². The Bertz CT molecular complexity index is 1070. The highest BCUT2D eigenvalue weighted by molar-refractivity contribution is 7.91. The summed E-state index contributed by atoms with van der Waals surface area (Å²) >= 11 is 0.866. The van der Waals surface area contributed by atoms with E-state index in [1.165, 1.54) is 24.3 Å². The molecule has 7 nitrogen and oxygen atoms in total. The molecule has 0 unspecified atom stereocenters. The van der Waals surface area contributed by atoms with Crippen LogP contribution in [0.25, 0.3) is 0 Å². The van der Waals surface area contributed by atoms with Gasteiger partial charge in [-0.1, -0.05) is 38.3 Å². The quantitative estimate of drug-likeness (QED) is 0.351. The van der Waals surface area contributed by atoms with E-state index >= 15 is 0 Å². The largest absolute Gasteiger partial charge is 0.474 e. The van der Waals surface area contributed by atoms with Gasteiger partial charge in [0.25, 0.3) is 0 Å². The lowest BCUT2D eigenvalue weighted by molar-refractivity contribution is -0.156. The fraction of sp³-hybridized carbons (Fsp3) is 0.429. The number of hydrogen-bond acceptors (Lipinski definition) is 5. The number of carboxylic acid groups (broad SMARTS) is 1. The molecule has 0 saturated heterocycles. The minimum Gasteiger partial charge on any atom is -0.474 e. The number of hydrogen-bond donors (Lipinski definition) is 2. The zero-order chi connectivity index (χ0) is 24.6. The molecule has 0 aliphatic carbocycles. The number of benzene rings is 1. The number of rotatable bonds is 11. The van der Waals surface area contributed by atoms with E-state index in [1.807, 2.05) is 6.92 Å². The van der Waals surface area contributed by atoms with E-state index < -0.39 is 33.6 Å². The van der Waals surface area contributed by atoms with Crippen LogP contribution in [0.3, 0.4) is 0 Å². The van der Waals surface area contributed by atoms with Crippen molar-refractivity contribution >= 4 is 33.2 Å². The number of unbranched alkanes of at least 4 members (excludes halogenated alkanes) is 3.